The number of rotatable bonds is 11. The second kappa shape index (κ2) is 12.5. The lowest BCUT2D eigenvalue weighted by molar-refractivity contribution is -0.133. The zero-order valence-electron chi connectivity index (χ0n) is 21.3. The van der Waals surface area contributed by atoms with Crippen molar-refractivity contribution < 1.29 is 22.0 Å². The van der Waals surface area contributed by atoms with Gasteiger partial charge in [0.15, 0.2) is 5.67 Å². The average molecular weight is 533 g/mol. The van der Waals surface area contributed by atoms with Crippen LogP contribution in [0.25, 0.3) is 0 Å². The fourth-order valence-corrected chi connectivity index (χ4v) is 5.55. The van der Waals surface area contributed by atoms with Crippen LogP contribution in [0, 0.1) is 17.1 Å². The number of hydrogen-bond acceptors (Lipinski definition) is 6. The molecule has 1 aliphatic carbocycles. The Morgan fingerprint density at radius 1 is 1.14 bits per heavy atom. The number of anilines is 1. The summed E-state index contributed by atoms with van der Waals surface area (Å²) in [4.78, 5) is 13.8. The second-order valence-corrected chi connectivity index (χ2v) is 11.5. The van der Waals surface area contributed by atoms with E-state index in [0.717, 1.165) is 37.1 Å². The number of carbonyl (C=O) groups is 1. The molecule has 200 valence electrons. The van der Waals surface area contributed by atoms with Crippen molar-refractivity contribution in [3.8, 4) is 6.07 Å². The quantitative estimate of drug-likeness (QED) is 0.441. The molecule has 2 aromatic carbocycles. The van der Waals surface area contributed by atoms with Gasteiger partial charge < -0.3 is 10.2 Å². The smallest absolute Gasteiger partial charge is 0.271 e. The van der Waals surface area contributed by atoms with Crippen molar-refractivity contribution in [3.05, 3.63) is 59.4 Å². The van der Waals surface area contributed by atoms with Gasteiger partial charge in [0.1, 0.15) is 11.9 Å². The molecule has 37 heavy (non-hydrogen) atoms. The number of benzene rings is 2. The van der Waals surface area contributed by atoms with Crippen LogP contribution in [0.4, 0.5) is 14.5 Å². The molecule has 0 spiro atoms. The second-order valence-electron chi connectivity index (χ2n) is 9.86. The first-order chi connectivity index (χ1) is 17.5. The molecule has 7 nitrogen and oxygen atoms in total. The van der Waals surface area contributed by atoms with Gasteiger partial charge in [-0.05, 0) is 83.3 Å². The van der Waals surface area contributed by atoms with E-state index in [9.17, 15) is 22.9 Å². The van der Waals surface area contributed by atoms with E-state index >= 15 is 4.39 Å². The molecule has 0 heterocycles. The highest BCUT2D eigenvalue weighted by atomic mass is 32.2. The van der Waals surface area contributed by atoms with Gasteiger partial charge >= 0.3 is 0 Å². The van der Waals surface area contributed by atoms with Crippen molar-refractivity contribution in [3.63, 3.8) is 0 Å². The lowest BCUT2D eigenvalue weighted by Crippen LogP contribution is -2.46. The summed E-state index contributed by atoms with van der Waals surface area (Å²) in [7, 11) is -0.722. The summed E-state index contributed by atoms with van der Waals surface area (Å²) in [6.45, 7) is 0.722. The Kier molecular flexibility index (Phi) is 9.62. The van der Waals surface area contributed by atoms with Crippen LogP contribution < -0.4 is 10.0 Å². The van der Waals surface area contributed by atoms with Crippen molar-refractivity contribution in [2.45, 2.75) is 68.0 Å². The van der Waals surface area contributed by atoms with Crippen molar-refractivity contribution in [1.29, 1.82) is 5.26 Å². The molecule has 1 fully saturated rings. The molecule has 10 heteroatoms. The predicted octanol–water partition coefficient (Wildman–Crippen LogP) is 4.54. The van der Waals surface area contributed by atoms with Gasteiger partial charge in [-0.25, -0.2) is 21.9 Å². The number of alkyl halides is 1. The Labute approximate surface area is 217 Å². The first-order valence-electron chi connectivity index (χ1n) is 12.5. The third-order valence-electron chi connectivity index (χ3n) is 6.67. The predicted molar refractivity (Wildman–Crippen MR) is 139 cm³/mol. The number of halogens is 2. The maximum atomic E-state index is 15.2. The number of nitrogens with zero attached hydrogens (tertiary/aromatic N) is 2. The molecule has 0 bridgehead atoms. The van der Waals surface area contributed by atoms with Crippen molar-refractivity contribution in [2.75, 3.05) is 26.0 Å². The highest BCUT2D eigenvalue weighted by Crippen LogP contribution is 2.33. The molecule has 0 aliphatic heterocycles. The summed E-state index contributed by atoms with van der Waals surface area (Å²) in [5.41, 5.74) is -1.46. The SMILES string of the molecule is CN(C)CC[C@H](CCc1ccccc1)Nc1c(F)cc(S(=O)(=O)NC(=O)C2(F)CCCCC2)cc1C#N. The van der Waals surface area contributed by atoms with Gasteiger partial charge in [-0.2, -0.15) is 5.26 Å². The maximum absolute atomic E-state index is 15.2. The summed E-state index contributed by atoms with van der Waals surface area (Å²) < 4.78 is 57.6. The largest absolute Gasteiger partial charge is 0.379 e. The van der Waals surface area contributed by atoms with E-state index in [1.54, 1.807) is 4.72 Å². The number of hydrogen-bond donors (Lipinski definition) is 2. The van der Waals surface area contributed by atoms with E-state index in [0.29, 0.717) is 25.7 Å². The van der Waals surface area contributed by atoms with Gasteiger partial charge in [-0.1, -0.05) is 36.8 Å². The molecule has 0 unspecified atom stereocenters. The van der Waals surface area contributed by atoms with Crippen molar-refractivity contribution in [1.82, 2.24) is 9.62 Å². The van der Waals surface area contributed by atoms with Crippen LogP contribution in [-0.4, -0.2) is 51.6 Å². The zero-order valence-corrected chi connectivity index (χ0v) is 22.1. The number of aryl methyl sites for hydroxylation is 1. The Balaban J connectivity index is 1.81. The summed E-state index contributed by atoms with van der Waals surface area (Å²) in [6.07, 6.45) is 3.68. The van der Waals surface area contributed by atoms with Gasteiger partial charge in [-0.15, -0.1) is 0 Å². The van der Waals surface area contributed by atoms with Crippen LogP contribution in [-0.2, 0) is 21.2 Å². The monoisotopic (exact) mass is 532 g/mol. The molecule has 1 saturated carbocycles. The molecule has 2 aromatic rings. The minimum Gasteiger partial charge on any atom is -0.379 e. The van der Waals surface area contributed by atoms with Crippen molar-refractivity contribution >= 4 is 21.6 Å². The number of amides is 1. The molecule has 3 rings (SSSR count). The topological polar surface area (TPSA) is 102 Å². The van der Waals surface area contributed by atoms with Gasteiger partial charge in [0, 0.05) is 6.04 Å². The molecular formula is C27H34F2N4O3S. The summed E-state index contributed by atoms with van der Waals surface area (Å²) >= 11 is 0. The molecule has 2 N–H and O–H groups in total. The van der Waals surface area contributed by atoms with Gasteiger partial charge in [0.25, 0.3) is 15.9 Å². The van der Waals surface area contributed by atoms with Crippen LogP contribution in [0.15, 0.2) is 47.4 Å². The third-order valence-corrected chi connectivity index (χ3v) is 7.98. The van der Waals surface area contributed by atoms with Crippen LogP contribution in [0.3, 0.4) is 0 Å². The van der Waals surface area contributed by atoms with Crippen LogP contribution in [0.1, 0.15) is 56.1 Å². The molecule has 0 saturated heterocycles. The zero-order chi connectivity index (χ0) is 27.1. The fraction of sp³-hybridized carbons (Fsp3) is 0.481. The highest BCUT2D eigenvalue weighted by Gasteiger charge is 2.41. The van der Waals surface area contributed by atoms with Crippen molar-refractivity contribution in [2.24, 2.45) is 0 Å². The number of nitrogens with one attached hydrogen (secondary N) is 2. The number of carbonyl (C=O) groups excluding carboxylic acids is 1. The van der Waals surface area contributed by atoms with E-state index in [-0.39, 0.29) is 30.1 Å². The number of nitriles is 1. The minimum absolute atomic E-state index is 0.0632. The van der Waals surface area contributed by atoms with E-state index < -0.39 is 32.3 Å². The van der Waals surface area contributed by atoms with Crippen LogP contribution in [0.5, 0.6) is 0 Å². The van der Waals surface area contributed by atoms with Gasteiger partial charge in [0.2, 0.25) is 0 Å². The third kappa shape index (κ3) is 7.73. The average Bonchev–Trinajstić information content (AvgIpc) is 2.87. The van der Waals surface area contributed by atoms with E-state index in [4.69, 9.17) is 0 Å². The first kappa shape index (κ1) is 28.5. The highest BCUT2D eigenvalue weighted by molar-refractivity contribution is 7.90. The molecule has 1 aliphatic rings. The molecular weight excluding hydrogens is 498 g/mol. The Bertz CT molecular complexity index is 1220. The van der Waals surface area contributed by atoms with Crippen LogP contribution in [0.2, 0.25) is 0 Å². The lowest BCUT2D eigenvalue weighted by atomic mass is 9.86. The summed E-state index contributed by atoms with van der Waals surface area (Å²) in [6, 6.07) is 13.3. The van der Waals surface area contributed by atoms with Gasteiger partial charge in [0.05, 0.1) is 16.1 Å². The Hall–Kier alpha value is -3.03. The summed E-state index contributed by atoms with van der Waals surface area (Å²) in [5.74, 6) is -2.19. The Morgan fingerprint density at radius 3 is 2.43 bits per heavy atom. The van der Waals surface area contributed by atoms with Gasteiger partial charge in [-0.3, -0.25) is 4.79 Å². The fourth-order valence-electron chi connectivity index (χ4n) is 4.48. The molecule has 0 aromatic heterocycles. The molecule has 1 amide bonds. The van der Waals surface area contributed by atoms with E-state index in [2.05, 4.69) is 5.32 Å². The first-order valence-corrected chi connectivity index (χ1v) is 14.0. The minimum atomic E-state index is -4.58. The van der Waals surface area contributed by atoms with Crippen LogP contribution >= 0.6 is 0 Å². The number of sulfonamides is 1. The molecule has 0 radical (unpaired) electrons. The normalized spacial score (nSPS) is 16.1. The lowest BCUT2D eigenvalue weighted by Gasteiger charge is -2.27. The summed E-state index contributed by atoms with van der Waals surface area (Å²) in [5, 5.41) is 12.8. The Morgan fingerprint density at radius 2 is 1.81 bits per heavy atom. The van der Waals surface area contributed by atoms with E-state index in [1.165, 1.54) is 0 Å². The standard InChI is InChI=1S/C27H34F2N4O3S/c1-33(2)16-13-22(12-11-20-9-5-3-6-10-20)31-25-21(19-30)17-23(18-24(25)28)37(35,36)32-26(34)27(29)14-7-4-8-15-27/h3,5-6,9-10,17-18,22,31H,4,7-8,11-16H2,1-2H3,(H,32,34)/t22-/m0/s1. The maximum Gasteiger partial charge on any atom is 0.271 e. The van der Waals surface area contributed by atoms with E-state index in [1.807, 2.05) is 55.4 Å². The molecule has 1 atom stereocenters.